The number of oxazole rings is 1. The Morgan fingerprint density at radius 2 is 2.17 bits per heavy atom. The molecule has 1 rings (SSSR count). The van der Waals surface area contributed by atoms with Crippen LogP contribution in [0.2, 0.25) is 0 Å². The molecule has 0 atom stereocenters. The molecule has 0 aliphatic rings. The van der Waals surface area contributed by atoms with Gasteiger partial charge in [-0.05, 0) is 13.8 Å². The highest BCUT2D eigenvalue weighted by atomic mass is 32.2. The van der Waals surface area contributed by atoms with Crippen molar-refractivity contribution in [3.63, 3.8) is 0 Å². The number of sulfone groups is 1. The summed E-state index contributed by atoms with van der Waals surface area (Å²) in [4.78, 5) is 4.06. The van der Waals surface area contributed by atoms with E-state index in [4.69, 9.17) is 9.15 Å². The minimum atomic E-state index is -3.25. The Labute approximate surface area is 108 Å². The predicted octanol–water partition coefficient (Wildman–Crippen LogP) is 0.690. The van der Waals surface area contributed by atoms with Gasteiger partial charge in [-0.15, -0.1) is 0 Å². The van der Waals surface area contributed by atoms with Crippen molar-refractivity contribution in [2.75, 3.05) is 26.5 Å². The maximum Gasteiger partial charge on any atom is 0.208 e. The normalized spacial score (nSPS) is 12.9. The Balaban J connectivity index is 2.69. The van der Waals surface area contributed by atoms with Crippen LogP contribution in [0.3, 0.4) is 0 Å². The van der Waals surface area contributed by atoms with Crippen LogP contribution in [0.15, 0.2) is 10.6 Å². The summed E-state index contributed by atoms with van der Waals surface area (Å²) in [5.74, 6) is 0.825. The molecule has 0 bridgehead atoms. The van der Waals surface area contributed by atoms with E-state index >= 15 is 0 Å². The molecule has 0 aliphatic heterocycles. The zero-order valence-corrected chi connectivity index (χ0v) is 12.0. The van der Waals surface area contributed by atoms with Crippen LogP contribution in [0.5, 0.6) is 0 Å². The molecule has 1 heterocycles. The summed E-state index contributed by atoms with van der Waals surface area (Å²) in [6, 6.07) is 0. The first-order chi connectivity index (χ1) is 8.29. The molecule has 7 heteroatoms. The van der Waals surface area contributed by atoms with Gasteiger partial charge < -0.3 is 14.5 Å². The summed E-state index contributed by atoms with van der Waals surface area (Å²) >= 11 is 0. The van der Waals surface area contributed by atoms with Crippen LogP contribution >= 0.6 is 0 Å². The van der Waals surface area contributed by atoms with E-state index in [2.05, 4.69) is 10.3 Å². The molecule has 0 aromatic carbocycles. The molecule has 1 N–H and O–H groups in total. The summed E-state index contributed by atoms with van der Waals surface area (Å²) in [7, 11) is -1.62. The van der Waals surface area contributed by atoms with Gasteiger partial charge in [0.2, 0.25) is 5.89 Å². The highest BCUT2D eigenvalue weighted by Gasteiger charge is 2.36. The summed E-state index contributed by atoms with van der Waals surface area (Å²) in [5, 5.41) is 3.08. The van der Waals surface area contributed by atoms with Crippen LogP contribution in [-0.2, 0) is 25.9 Å². The standard InChI is InChI=1S/C11H20N2O4S/c1-11(2,18(4,14)15)9-7-13-10(17-9)8-12-5-6-16-3/h7,12H,5-6,8H2,1-4H3. The van der Waals surface area contributed by atoms with E-state index in [1.54, 1.807) is 21.0 Å². The van der Waals surface area contributed by atoms with Crippen molar-refractivity contribution < 1.29 is 17.6 Å². The summed E-state index contributed by atoms with van der Waals surface area (Å²) in [6.45, 7) is 4.94. The van der Waals surface area contributed by atoms with E-state index in [1.165, 1.54) is 12.5 Å². The molecule has 1 aromatic heterocycles. The van der Waals surface area contributed by atoms with Gasteiger partial charge in [0.1, 0.15) is 10.5 Å². The van der Waals surface area contributed by atoms with E-state index in [9.17, 15) is 8.42 Å². The van der Waals surface area contributed by atoms with Gasteiger partial charge in [-0.25, -0.2) is 13.4 Å². The summed E-state index contributed by atoms with van der Waals surface area (Å²) in [6.07, 6.45) is 2.65. The lowest BCUT2D eigenvalue weighted by Crippen LogP contribution is -2.27. The molecule has 18 heavy (non-hydrogen) atoms. The highest BCUT2D eigenvalue weighted by molar-refractivity contribution is 7.91. The lowest BCUT2D eigenvalue weighted by molar-refractivity contribution is 0.198. The average Bonchev–Trinajstić information content (AvgIpc) is 2.72. The zero-order valence-electron chi connectivity index (χ0n) is 11.2. The maximum atomic E-state index is 11.6. The van der Waals surface area contributed by atoms with Crippen molar-refractivity contribution in [2.24, 2.45) is 0 Å². The first kappa shape index (κ1) is 15.1. The van der Waals surface area contributed by atoms with Crippen molar-refractivity contribution in [1.82, 2.24) is 10.3 Å². The second kappa shape index (κ2) is 5.81. The first-order valence-electron chi connectivity index (χ1n) is 5.63. The van der Waals surface area contributed by atoms with Crippen LogP contribution in [0.4, 0.5) is 0 Å². The van der Waals surface area contributed by atoms with Crippen LogP contribution in [0, 0.1) is 0 Å². The van der Waals surface area contributed by atoms with Gasteiger partial charge in [0.05, 0.1) is 19.3 Å². The molecule has 0 saturated carbocycles. The van der Waals surface area contributed by atoms with Crippen LogP contribution in [0.25, 0.3) is 0 Å². The molecule has 0 unspecified atom stereocenters. The maximum absolute atomic E-state index is 11.6. The van der Waals surface area contributed by atoms with Crippen LogP contribution < -0.4 is 5.32 Å². The van der Waals surface area contributed by atoms with E-state index in [1.807, 2.05) is 0 Å². The van der Waals surface area contributed by atoms with Crippen LogP contribution in [0.1, 0.15) is 25.5 Å². The number of hydrogen-bond acceptors (Lipinski definition) is 6. The number of aromatic nitrogens is 1. The fraction of sp³-hybridized carbons (Fsp3) is 0.727. The highest BCUT2D eigenvalue weighted by Crippen LogP contribution is 2.29. The number of nitrogens with one attached hydrogen (secondary N) is 1. The minimum Gasteiger partial charge on any atom is -0.443 e. The number of rotatable bonds is 7. The molecule has 0 amide bonds. The van der Waals surface area contributed by atoms with Gasteiger partial charge in [-0.1, -0.05) is 0 Å². The molecular formula is C11H20N2O4S. The second-order valence-electron chi connectivity index (χ2n) is 4.57. The molecule has 0 fully saturated rings. The smallest absolute Gasteiger partial charge is 0.208 e. The van der Waals surface area contributed by atoms with E-state index in [0.29, 0.717) is 31.3 Å². The molecule has 1 aromatic rings. The average molecular weight is 276 g/mol. The third-order valence-electron chi connectivity index (χ3n) is 2.83. The minimum absolute atomic E-state index is 0.355. The fourth-order valence-electron chi connectivity index (χ4n) is 1.22. The molecule has 0 saturated heterocycles. The fourth-order valence-corrected chi connectivity index (χ4v) is 1.68. The molecule has 0 spiro atoms. The molecular weight excluding hydrogens is 256 g/mol. The Bertz CT molecular complexity index is 479. The monoisotopic (exact) mass is 276 g/mol. The SMILES string of the molecule is COCCNCc1ncc(C(C)(C)S(C)(=O)=O)o1. The molecule has 104 valence electrons. The summed E-state index contributed by atoms with van der Waals surface area (Å²) in [5.41, 5.74) is 0. The largest absolute Gasteiger partial charge is 0.443 e. The third-order valence-corrected chi connectivity index (χ3v) is 4.89. The number of hydrogen-bond donors (Lipinski definition) is 1. The van der Waals surface area contributed by atoms with Crippen molar-refractivity contribution in [1.29, 1.82) is 0 Å². The second-order valence-corrected chi connectivity index (χ2v) is 7.14. The Morgan fingerprint density at radius 1 is 1.50 bits per heavy atom. The van der Waals surface area contributed by atoms with E-state index in [-0.39, 0.29) is 0 Å². The summed E-state index contributed by atoms with van der Waals surface area (Å²) < 4.78 is 32.6. The molecule has 0 aliphatic carbocycles. The number of ether oxygens (including phenoxy) is 1. The Hall–Kier alpha value is -0.920. The van der Waals surface area contributed by atoms with Crippen molar-refractivity contribution >= 4 is 9.84 Å². The van der Waals surface area contributed by atoms with E-state index < -0.39 is 14.6 Å². The van der Waals surface area contributed by atoms with Crippen molar-refractivity contribution in [3.8, 4) is 0 Å². The third kappa shape index (κ3) is 3.54. The predicted molar refractivity (Wildman–Crippen MR) is 68.0 cm³/mol. The van der Waals surface area contributed by atoms with Gasteiger partial charge in [0, 0.05) is 19.9 Å². The van der Waals surface area contributed by atoms with Crippen molar-refractivity contribution in [2.45, 2.75) is 25.1 Å². The van der Waals surface area contributed by atoms with Gasteiger partial charge >= 0.3 is 0 Å². The van der Waals surface area contributed by atoms with Gasteiger partial charge in [0.15, 0.2) is 9.84 Å². The van der Waals surface area contributed by atoms with Crippen LogP contribution in [-0.4, -0.2) is 39.9 Å². The topological polar surface area (TPSA) is 81.4 Å². The van der Waals surface area contributed by atoms with Gasteiger partial charge in [0.25, 0.3) is 0 Å². The Morgan fingerprint density at radius 3 is 2.72 bits per heavy atom. The Kier molecular flexibility index (Phi) is 4.89. The van der Waals surface area contributed by atoms with E-state index in [0.717, 1.165) is 0 Å². The lowest BCUT2D eigenvalue weighted by atomic mass is 10.2. The number of methoxy groups -OCH3 is 1. The quantitative estimate of drug-likeness (QED) is 0.738. The van der Waals surface area contributed by atoms with Crippen molar-refractivity contribution in [3.05, 3.63) is 17.8 Å². The molecule has 0 radical (unpaired) electrons. The first-order valence-corrected chi connectivity index (χ1v) is 7.52. The zero-order chi connectivity index (χ0) is 13.8. The van der Waals surface area contributed by atoms with Gasteiger partial charge in [-0.3, -0.25) is 0 Å². The molecule has 6 nitrogen and oxygen atoms in total. The number of nitrogens with zero attached hydrogens (tertiary/aromatic N) is 1. The lowest BCUT2D eigenvalue weighted by Gasteiger charge is -2.18. The van der Waals surface area contributed by atoms with Gasteiger partial charge in [-0.2, -0.15) is 0 Å².